The standard InChI is InChI=1S/C22H25N3O5S/c23-11-4-14-25(13-3-6-16-5-1-7-17(15-16)22(27)28)31(29,30)20-9-2-8-19-18(20)10-12-24-21(19)26/h1-2,5,7-10,12,15H,3-4,6,11,13-14,23H2,(H,24,26)(H,27,28). The third kappa shape index (κ3) is 5.19. The number of hydrogen-bond acceptors (Lipinski definition) is 6. The summed E-state index contributed by atoms with van der Waals surface area (Å²) in [6.45, 7) is 0.876. The molecule has 0 aliphatic heterocycles. The number of fused-ring (bicyclic) bond motifs is 1. The second-order valence-electron chi connectivity index (χ2n) is 7.14. The van der Waals surface area contributed by atoms with Gasteiger partial charge < -0.3 is 15.9 Å². The molecule has 3 rings (SSSR count). The molecular weight excluding hydrogens is 418 g/mol. The molecule has 1 aromatic heterocycles. The quantitative estimate of drug-likeness (QED) is 0.438. The maximum atomic E-state index is 13.5. The number of pyridine rings is 1. The number of hydrogen-bond donors (Lipinski definition) is 3. The van der Waals surface area contributed by atoms with E-state index in [9.17, 15) is 18.3 Å². The zero-order valence-electron chi connectivity index (χ0n) is 16.9. The van der Waals surface area contributed by atoms with E-state index in [-0.39, 0.29) is 29.4 Å². The first kappa shape index (κ1) is 22.7. The second-order valence-corrected chi connectivity index (χ2v) is 9.05. The molecule has 0 fully saturated rings. The highest BCUT2D eigenvalue weighted by Gasteiger charge is 2.26. The van der Waals surface area contributed by atoms with E-state index in [1.807, 2.05) is 6.07 Å². The molecule has 31 heavy (non-hydrogen) atoms. The number of rotatable bonds is 10. The van der Waals surface area contributed by atoms with E-state index >= 15 is 0 Å². The van der Waals surface area contributed by atoms with E-state index in [2.05, 4.69) is 4.98 Å². The maximum Gasteiger partial charge on any atom is 0.335 e. The van der Waals surface area contributed by atoms with E-state index in [1.165, 1.54) is 22.6 Å². The van der Waals surface area contributed by atoms with Gasteiger partial charge in [0, 0.05) is 30.1 Å². The van der Waals surface area contributed by atoms with Crippen LogP contribution < -0.4 is 5.73 Å². The summed E-state index contributed by atoms with van der Waals surface area (Å²) in [5, 5.41) is 19.9. The Kier molecular flexibility index (Phi) is 7.21. The predicted octanol–water partition coefficient (Wildman–Crippen LogP) is 2.61. The number of benzene rings is 2. The summed E-state index contributed by atoms with van der Waals surface area (Å²) in [4.78, 5) is 15.1. The molecule has 1 heterocycles. The van der Waals surface area contributed by atoms with Gasteiger partial charge in [-0.15, -0.1) is 0 Å². The van der Waals surface area contributed by atoms with E-state index in [0.717, 1.165) is 5.56 Å². The van der Waals surface area contributed by atoms with Crippen molar-refractivity contribution >= 4 is 26.8 Å². The number of nitrogens with zero attached hydrogens (tertiary/aromatic N) is 2. The van der Waals surface area contributed by atoms with Crippen molar-refractivity contribution < 1.29 is 23.4 Å². The summed E-state index contributed by atoms with van der Waals surface area (Å²) in [5.74, 6) is -1.22. The fraction of sp³-hybridized carbons (Fsp3) is 0.273. The number of sulfonamides is 1. The molecule has 0 spiro atoms. The topological polar surface area (TPSA) is 134 Å². The molecule has 0 saturated heterocycles. The van der Waals surface area contributed by atoms with E-state index in [0.29, 0.717) is 36.6 Å². The van der Waals surface area contributed by atoms with Gasteiger partial charge in [-0.25, -0.2) is 18.2 Å². The Morgan fingerprint density at radius 1 is 1.03 bits per heavy atom. The van der Waals surface area contributed by atoms with Crippen molar-refractivity contribution in [3.05, 3.63) is 65.9 Å². The van der Waals surface area contributed by atoms with Crippen LogP contribution in [-0.2, 0) is 16.4 Å². The van der Waals surface area contributed by atoms with Crippen LogP contribution in [0.2, 0.25) is 0 Å². The second kappa shape index (κ2) is 9.86. The number of carbonyl (C=O) groups is 1. The molecule has 0 unspecified atom stereocenters. The van der Waals surface area contributed by atoms with Crippen molar-refractivity contribution in [3.8, 4) is 5.88 Å². The lowest BCUT2D eigenvalue weighted by Gasteiger charge is -2.23. The van der Waals surface area contributed by atoms with Crippen molar-refractivity contribution in [2.75, 3.05) is 19.6 Å². The zero-order chi connectivity index (χ0) is 22.4. The number of aryl methyl sites for hydroxylation is 1. The Morgan fingerprint density at radius 2 is 1.77 bits per heavy atom. The van der Waals surface area contributed by atoms with Crippen LogP contribution in [0, 0.1) is 0 Å². The highest BCUT2D eigenvalue weighted by atomic mass is 32.2. The summed E-state index contributed by atoms with van der Waals surface area (Å²) >= 11 is 0. The lowest BCUT2D eigenvalue weighted by molar-refractivity contribution is 0.0696. The Balaban J connectivity index is 1.84. The molecule has 8 nitrogen and oxygen atoms in total. The minimum absolute atomic E-state index is 0.104. The smallest absolute Gasteiger partial charge is 0.335 e. The number of aromatic nitrogens is 1. The third-order valence-corrected chi connectivity index (χ3v) is 6.98. The highest BCUT2D eigenvalue weighted by molar-refractivity contribution is 7.89. The number of aromatic carboxylic acids is 1. The molecule has 2 aromatic carbocycles. The van der Waals surface area contributed by atoms with Gasteiger partial charge in [-0.2, -0.15) is 4.31 Å². The molecule has 0 radical (unpaired) electrons. The average Bonchev–Trinajstić information content (AvgIpc) is 2.76. The van der Waals surface area contributed by atoms with Crippen LogP contribution in [0.15, 0.2) is 59.6 Å². The highest BCUT2D eigenvalue weighted by Crippen LogP contribution is 2.29. The molecule has 0 aliphatic rings. The Hall–Kier alpha value is -3.01. The van der Waals surface area contributed by atoms with E-state index in [1.54, 1.807) is 30.3 Å². The molecule has 0 aliphatic carbocycles. The van der Waals surface area contributed by atoms with Crippen molar-refractivity contribution in [2.24, 2.45) is 5.73 Å². The van der Waals surface area contributed by atoms with Gasteiger partial charge in [0.25, 0.3) is 0 Å². The summed E-state index contributed by atoms with van der Waals surface area (Å²) in [6.07, 6.45) is 2.93. The van der Waals surface area contributed by atoms with Crippen LogP contribution >= 0.6 is 0 Å². The van der Waals surface area contributed by atoms with Gasteiger partial charge in [-0.1, -0.05) is 18.2 Å². The SMILES string of the molecule is NCCCN(CCCc1cccc(C(=O)O)c1)S(=O)(=O)c1cccc2c(O)nccc12. The first-order chi connectivity index (χ1) is 14.8. The van der Waals surface area contributed by atoms with Crippen molar-refractivity contribution in [1.29, 1.82) is 0 Å². The first-order valence-corrected chi connectivity index (χ1v) is 11.4. The monoisotopic (exact) mass is 443 g/mol. The van der Waals surface area contributed by atoms with Crippen molar-refractivity contribution in [1.82, 2.24) is 9.29 Å². The van der Waals surface area contributed by atoms with Crippen LogP contribution in [0.5, 0.6) is 5.88 Å². The number of nitrogens with two attached hydrogens (primary N) is 1. The van der Waals surface area contributed by atoms with E-state index in [4.69, 9.17) is 10.8 Å². The van der Waals surface area contributed by atoms with Crippen LogP contribution in [0.25, 0.3) is 10.8 Å². The summed E-state index contributed by atoms with van der Waals surface area (Å²) in [5.41, 5.74) is 6.65. The average molecular weight is 444 g/mol. The molecule has 0 saturated carbocycles. The number of aromatic hydroxyl groups is 1. The molecule has 3 aromatic rings. The van der Waals surface area contributed by atoms with Crippen molar-refractivity contribution in [3.63, 3.8) is 0 Å². The minimum Gasteiger partial charge on any atom is -0.493 e. The summed E-state index contributed by atoms with van der Waals surface area (Å²) < 4.78 is 28.3. The Labute approximate surface area is 181 Å². The number of carboxylic acid groups (broad SMARTS) is 1. The Bertz CT molecular complexity index is 1180. The van der Waals surface area contributed by atoms with Gasteiger partial charge in [0.1, 0.15) is 0 Å². The first-order valence-electron chi connectivity index (χ1n) is 9.93. The predicted molar refractivity (Wildman–Crippen MR) is 118 cm³/mol. The largest absolute Gasteiger partial charge is 0.493 e. The van der Waals surface area contributed by atoms with Gasteiger partial charge in [0.2, 0.25) is 15.9 Å². The van der Waals surface area contributed by atoms with Crippen LogP contribution in [-0.4, -0.2) is 53.5 Å². The normalized spacial score (nSPS) is 11.8. The van der Waals surface area contributed by atoms with E-state index < -0.39 is 16.0 Å². The molecule has 0 bridgehead atoms. The van der Waals surface area contributed by atoms with Gasteiger partial charge in [-0.05, 0) is 61.7 Å². The lowest BCUT2D eigenvalue weighted by Crippen LogP contribution is -2.34. The van der Waals surface area contributed by atoms with Gasteiger partial charge in [0.15, 0.2) is 0 Å². The fourth-order valence-electron chi connectivity index (χ4n) is 3.47. The number of carboxylic acids is 1. The molecule has 0 atom stereocenters. The zero-order valence-corrected chi connectivity index (χ0v) is 17.8. The van der Waals surface area contributed by atoms with Gasteiger partial charge in [-0.3, -0.25) is 0 Å². The van der Waals surface area contributed by atoms with Gasteiger partial charge >= 0.3 is 5.97 Å². The van der Waals surface area contributed by atoms with Crippen LogP contribution in [0.4, 0.5) is 0 Å². The summed E-state index contributed by atoms with van der Waals surface area (Å²) in [7, 11) is -3.85. The van der Waals surface area contributed by atoms with Gasteiger partial charge in [0.05, 0.1) is 10.5 Å². The molecule has 164 valence electrons. The summed E-state index contributed by atoms with van der Waals surface area (Å²) in [6, 6.07) is 12.9. The molecule has 0 amide bonds. The molecular formula is C22H25N3O5S. The fourth-order valence-corrected chi connectivity index (χ4v) is 5.19. The molecule has 4 N–H and O–H groups in total. The Morgan fingerprint density at radius 3 is 2.52 bits per heavy atom. The van der Waals surface area contributed by atoms with Crippen LogP contribution in [0.1, 0.15) is 28.8 Å². The maximum absolute atomic E-state index is 13.5. The third-order valence-electron chi connectivity index (χ3n) is 5.02. The van der Waals surface area contributed by atoms with Crippen LogP contribution in [0.3, 0.4) is 0 Å². The van der Waals surface area contributed by atoms with Crippen molar-refractivity contribution in [2.45, 2.75) is 24.2 Å². The lowest BCUT2D eigenvalue weighted by atomic mass is 10.1. The molecule has 9 heteroatoms. The minimum atomic E-state index is -3.85.